The number of methoxy groups -OCH3 is 3. The minimum atomic E-state index is -0.204. The molecule has 9 heteroatoms. The average molecular weight is 388 g/mol. The molecule has 0 bridgehead atoms. The highest BCUT2D eigenvalue weighted by molar-refractivity contribution is 5.90. The summed E-state index contributed by atoms with van der Waals surface area (Å²) in [5, 5.41) is 10.8. The van der Waals surface area contributed by atoms with Gasteiger partial charge in [0, 0.05) is 42.6 Å². The van der Waals surface area contributed by atoms with Gasteiger partial charge in [-0.3, -0.25) is 0 Å². The topological polar surface area (TPSA) is 95.0 Å². The summed E-state index contributed by atoms with van der Waals surface area (Å²) < 4.78 is 21.3. The van der Waals surface area contributed by atoms with Gasteiger partial charge in [-0.1, -0.05) is 0 Å². The van der Waals surface area contributed by atoms with Gasteiger partial charge in [0.05, 0.1) is 27.9 Å². The molecule has 1 saturated heterocycles. The number of carbonyl (C=O) groups excluding carboxylic acids is 1. The van der Waals surface area contributed by atoms with E-state index in [1.165, 1.54) is 7.11 Å². The molecule has 1 aromatic heterocycles. The first-order valence-corrected chi connectivity index (χ1v) is 8.94. The first-order chi connectivity index (χ1) is 13.6. The Kier molecular flexibility index (Phi) is 6.36. The number of hydrogen-bond donors (Lipinski definition) is 1. The van der Waals surface area contributed by atoms with E-state index in [-0.39, 0.29) is 12.1 Å². The number of aromatic nitrogens is 2. The van der Waals surface area contributed by atoms with Gasteiger partial charge in [-0.05, 0) is 12.8 Å². The summed E-state index contributed by atoms with van der Waals surface area (Å²) in [6.07, 6.45) is 1.52. The van der Waals surface area contributed by atoms with Gasteiger partial charge in [-0.25, -0.2) is 4.79 Å². The van der Waals surface area contributed by atoms with Crippen molar-refractivity contribution in [2.45, 2.75) is 18.9 Å². The maximum Gasteiger partial charge on any atom is 0.321 e. The van der Waals surface area contributed by atoms with Gasteiger partial charge in [-0.15, -0.1) is 10.2 Å². The Labute approximate surface area is 163 Å². The highest BCUT2D eigenvalue weighted by Gasteiger charge is 2.25. The van der Waals surface area contributed by atoms with E-state index in [0.717, 1.165) is 12.8 Å². The molecule has 2 amide bonds. The van der Waals surface area contributed by atoms with E-state index in [4.69, 9.17) is 18.9 Å². The average Bonchev–Trinajstić information content (AvgIpc) is 2.74. The van der Waals surface area contributed by atoms with E-state index >= 15 is 0 Å². The molecule has 1 fully saturated rings. The number of benzene rings is 1. The van der Waals surface area contributed by atoms with Crippen molar-refractivity contribution in [2.75, 3.05) is 39.7 Å². The van der Waals surface area contributed by atoms with Gasteiger partial charge in [-0.2, -0.15) is 0 Å². The largest absolute Gasteiger partial charge is 0.497 e. The Hall–Kier alpha value is -3.23. The molecule has 9 nitrogen and oxygen atoms in total. The predicted molar refractivity (Wildman–Crippen MR) is 102 cm³/mol. The molecule has 1 aromatic carbocycles. The molecule has 28 heavy (non-hydrogen) atoms. The summed E-state index contributed by atoms with van der Waals surface area (Å²) in [6.45, 7) is 1.11. The third-order valence-corrected chi connectivity index (χ3v) is 4.38. The zero-order valence-electron chi connectivity index (χ0n) is 16.2. The molecule has 1 aliphatic rings. The van der Waals surface area contributed by atoms with Crippen LogP contribution in [0.3, 0.4) is 0 Å². The van der Waals surface area contributed by atoms with Gasteiger partial charge in [0.1, 0.15) is 17.6 Å². The second-order valence-corrected chi connectivity index (χ2v) is 6.27. The molecule has 0 aliphatic carbocycles. The molecule has 1 atom stereocenters. The van der Waals surface area contributed by atoms with E-state index in [1.807, 2.05) is 0 Å². The maximum absolute atomic E-state index is 12.7. The van der Waals surface area contributed by atoms with Crippen LogP contribution in [-0.4, -0.2) is 61.7 Å². The van der Waals surface area contributed by atoms with Crippen LogP contribution in [0.15, 0.2) is 30.3 Å². The quantitative estimate of drug-likeness (QED) is 0.813. The molecule has 1 N–H and O–H groups in total. The highest BCUT2D eigenvalue weighted by Crippen LogP contribution is 2.26. The predicted octanol–water partition coefficient (Wildman–Crippen LogP) is 2.58. The molecule has 1 unspecified atom stereocenters. The molecule has 0 saturated carbocycles. The van der Waals surface area contributed by atoms with Crippen molar-refractivity contribution in [1.82, 2.24) is 15.1 Å². The summed E-state index contributed by atoms with van der Waals surface area (Å²) in [5.74, 6) is 2.04. The van der Waals surface area contributed by atoms with Crippen LogP contribution < -0.4 is 24.3 Å². The Morgan fingerprint density at radius 3 is 2.32 bits per heavy atom. The molecule has 0 radical (unpaired) electrons. The summed E-state index contributed by atoms with van der Waals surface area (Å²) in [6, 6.07) is 8.41. The third-order valence-electron chi connectivity index (χ3n) is 4.38. The van der Waals surface area contributed by atoms with Crippen LogP contribution in [0.2, 0.25) is 0 Å². The molecular weight excluding hydrogens is 364 g/mol. The molecule has 1 aliphatic heterocycles. The van der Waals surface area contributed by atoms with Crippen LogP contribution >= 0.6 is 0 Å². The zero-order chi connectivity index (χ0) is 19.9. The van der Waals surface area contributed by atoms with Gasteiger partial charge in [0.2, 0.25) is 11.8 Å². The molecule has 2 heterocycles. The number of urea groups is 1. The number of ether oxygens (including phenoxy) is 4. The lowest BCUT2D eigenvalue weighted by molar-refractivity contribution is 0.101. The Balaban J connectivity index is 1.61. The number of nitrogens with one attached hydrogen (secondary N) is 1. The Bertz CT molecular complexity index is 777. The van der Waals surface area contributed by atoms with Gasteiger partial charge >= 0.3 is 6.03 Å². The van der Waals surface area contributed by atoms with E-state index in [0.29, 0.717) is 42.0 Å². The van der Waals surface area contributed by atoms with Crippen LogP contribution in [-0.2, 0) is 0 Å². The van der Waals surface area contributed by atoms with E-state index < -0.39 is 0 Å². The van der Waals surface area contributed by atoms with Gasteiger partial charge in [0.25, 0.3) is 0 Å². The van der Waals surface area contributed by atoms with Crippen molar-refractivity contribution in [3.8, 4) is 23.3 Å². The fourth-order valence-corrected chi connectivity index (χ4v) is 2.95. The smallest absolute Gasteiger partial charge is 0.321 e. The van der Waals surface area contributed by atoms with Crippen molar-refractivity contribution in [3.63, 3.8) is 0 Å². The van der Waals surface area contributed by atoms with E-state index in [2.05, 4.69) is 15.5 Å². The minimum absolute atomic E-state index is 0.151. The zero-order valence-corrected chi connectivity index (χ0v) is 16.2. The first kappa shape index (κ1) is 19.5. The van der Waals surface area contributed by atoms with Crippen molar-refractivity contribution >= 4 is 11.7 Å². The number of nitrogens with zero attached hydrogens (tertiary/aromatic N) is 3. The maximum atomic E-state index is 12.7. The lowest BCUT2D eigenvalue weighted by Crippen LogP contribution is -2.46. The van der Waals surface area contributed by atoms with Crippen LogP contribution in [0.5, 0.6) is 23.3 Å². The number of hydrogen-bond acceptors (Lipinski definition) is 7. The standard InChI is InChI=1S/C19H24N4O5/c1-25-15-9-13(10-16(11-15)26-2)20-19(24)23-8-4-5-14(12-23)28-18-7-6-17(27-3)21-22-18/h6-7,9-11,14H,4-5,8,12H2,1-3H3,(H,20,24). The fraction of sp³-hybridized carbons (Fsp3) is 0.421. The van der Waals surface area contributed by atoms with Crippen molar-refractivity contribution in [2.24, 2.45) is 0 Å². The van der Waals surface area contributed by atoms with Crippen LogP contribution in [0, 0.1) is 0 Å². The van der Waals surface area contributed by atoms with E-state index in [1.54, 1.807) is 49.5 Å². The van der Waals surface area contributed by atoms with Crippen LogP contribution in [0.25, 0.3) is 0 Å². The fourth-order valence-electron chi connectivity index (χ4n) is 2.95. The molecule has 3 rings (SSSR count). The number of amides is 2. The molecular formula is C19H24N4O5. The number of rotatable bonds is 6. The Morgan fingerprint density at radius 1 is 1.04 bits per heavy atom. The normalized spacial score (nSPS) is 16.2. The number of anilines is 1. The lowest BCUT2D eigenvalue weighted by Gasteiger charge is -2.32. The van der Waals surface area contributed by atoms with Crippen LogP contribution in [0.4, 0.5) is 10.5 Å². The summed E-state index contributed by atoms with van der Waals surface area (Å²) in [4.78, 5) is 14.4. The highest BCUT2D eigenvalue weighted by atomic mass is 16.5. The van der Waals surface area contributed by atoms with Crippen molar-refractivity contribution < 1.29 is 23.7 Å². The van der Waals surface area contributed by atoms with Gasteiger partial charge < -0.3 is 29.2 Å². The lowest BCUT2D eigenvalue weighted by atomic mass is 10.1. The van der Waals surface area contributed by atoms with E-state index in [9.17, 15) is 4.79 Å². The minimum Gasteiger partial charge on any atom is -0.497 e. The summed E-state index contributed by atoms with van der Waals surface area (Å²) in [5.41, 5.74) is 0.602. The van der Waals surface area contributed by atoms with Crippen LogP contribution in [0.1, 0.15) is 12.8 Å². The molecule has 150 valence electrons. The molecule has 0 spiro atoms. The number of piperidine rings is 1. The second-order valence-electron chi connectivity index (χ2n) is 6.27. The molecule has 2 aromatic rings. The summed E-state index contributed by atoms with van der Waals surface area (Å²) in [7, 11) is 4.66. The third kappa shape index (κ3) is 4.93. The summed E-state index contributed by atoms with van der Waals surface area (Å²) >= 11 is 0. The Morgan fingerprint density at radius 2 is 1.71 bits per heavy atom. The second kappa shape index (κ2) is 9.12. The van der Waals surface area contributed by atoms with Crippen molar-refractivity contribution in [1.29, 1.82) is 0 Å². The monoisotopic (exact) mass is 388 g/mol. The number of carbonyl (C=O) groups is 1. The first-order valence-electron chi connectivity index (χ1n) is 8.94. The number of likely N-dealkylation sites (tertiary alicyclic amines) is 1. The van der Waals surface area contributed by atoms with Gasteiger partial charge in [0.15, 0.2) is 0 Å². The van der Waals surface area contributed by atoms with Crippen molar-refractivity contribution in [3.05, 3.63) is 30.3 Å². The SMILES string of the molecule is COc1cc(NC(=O)N2CCCC(Oc3ccc(OC)nn3)C2)cc(OC)c1.